The molecule has 1 rings (SSSR count). The molecule has 0 saturated carbocycles. The standard InChI is InChI=1S/C7H7ClN/c1-5-4-6(8)2-3-7(5)9/h2-4,9H,1H3. The Bertz CT molecular complexity index is 220. The SMILES string of the molecule is Cc1cc(Cl)ccc1[NH]. The minimum absolute atomic E-state index is 0.541. The second kappa shape index (κ2) is 2.28. The Morgan fingerprint density at radius 3 is 2.56 bits per heavy atom. The van der Waals surface area contributed by atoms with Crippen LogP contribution in [0.3, 0.4) is 0 Å². The fraction of sp³-hybridized carbons (Fsp3) is 0.143. The Labute approximate surface area is 59.4 Å². The highest BCUT2D eigenvalue weighted by Gasteiger charge is 1.92. The van der Waals surface area contributed by atoms with Crippen LogP contribution in [0.15, 0.2) is 18.2 Å². The first-order valence-electron chi connectivity index (χ1n) is 2.68. The second-order valence-electron chi connectivity index (χ2n) is 1.96. The highest BCUT2D eigenvalue weighted by Crippen LogP contribution is 2.16. The molecule has 0 unspecified atom stereocenters. The molecular weight excluding hydrogens is 134 g/mol. The smallest absolute Gasteiger partial charge is 0.0570 e. The summed E-state index contributed by atoms with van der Waals surface area (Å²) in [5, 5.41) is 0.698. The van der Waals surface area contributed by atoms with Gasteiger partial charge in [0.1, 0.15) is 0 Å². The third-order valence-corrected chi connectivity index (χ3v) is 1.42. The highest BCUT2D eigenvalue weighted by molar-refractivity contribution is 6.30. The van der Waals surface area contributed by atoms with Crippen molar-refractivity contribution in [1.82, 2.24) is 5.73 Å². The summed E-state index contributed by atoms with van der Waals surface area (Å²) < 4.78 is 0. The van der Waals surface area contributed by atoms with Crippen LogP contribution in [0, 0.1) is 6.92 Å². The van der Waals surface area contributed by atoms with Crippen LogP contribution in [0.2, 0.25) is 5.02 Å². The molecule has 0 aliphatic rings. The predicted molar refractivity (Wildman–Crippen MR) is 38.9 cm³/mol. The number of rotatable bonds is 0. The van der Waals surface area contributed by atoms with Crippen LogP contribution >= 0.6 is 11.6 Å². The maximum absolute atomic E-state index is 7.26. The van der Waals surface area contributed by atoms with E-state index in [9.17, 15) is 0 Å². The van der Waals surface area contributed by atoms with Gasteiger partial charge in [-0.25, -0.2) is 0 Å². The quantitative estimate of drug-likeness (QED) is 0.529. The molecule has 1 aromatic carbocycles. The molecule has 0 amide bonds. The number of hydrogen-bond donors (Lipinski definition) is 0. The second-order valence-corrected chi connectivity index (χ2v) is 2.40. The molecule has 47 valence electrons. The summed E-state index contributed by atoms with van der Waals surface area (Å²) in [5.74, 6) is 0. The molecule has 2 heteroatoms. The molecule has 0 aliphatic heterocycles. The summed E-state index contributed by atoms with van der Waals surface area (Å²) in [5.41, 5.74) is 8.72. The normalized spacial score (nSPS) is 9.56. The zero-order valence-electron chi connectivity index (χ0n) is 5.11. The van der Waals surface area contributed by atoms with E-state index < -0.39 is 0 Å². The predicted octanol–water partition coefficient (Wildman–Crippen LogP) is 2.56. The molecule has 0 saturated heterocycles. The molecule has 1 N–H and O–H groups in total. The molecule has 0 bridgehead atoms. The van der Waals surface area contributed by atoms with Crippen LogP contribution in [-0.2, 0) is 0 Å². The van der Waals surface area contributed by atoms with Crippen molar-refractivity contribution in [1.29, 1.82) is 0 Å². The van der Waals surface area contributed by atoms with E-state index in [0.29, 0.717) is 10.7 Å². The summed E-state index contributed by atoms with van der Waals surface area (Å²) in [7, 11) is 0. The van der Waals surface area contributed by atoms with Crippen molar-refractivity contribution >= 4 is 17.3 Å². The Hall–Kier alpha value is -0.690. The Kier molecular flexibility index (Phi) is 1.63. The maximum atomic E-state index is 7.26. The van der Waals surface area contributed by atoms with Crippen molar-refractivity contribution < 1.29 is 0 Å². The number of halogens is 1. The van der Waals surface area contributed by atoms with E-state index in [4.69, 9.17) is 17.3 Å². The van der Waals surface area contributed by atoms with Gasteiger partial charge >= 0.3 is 0 Å². The van der Waals surface area contributed by atoms with Crippen molar-refractivity contribution in [2.75, 3.05) is 0 Å². The van der Waals surface area contributed by atoms with Gasteiger partial charge in [-0.1, -0.05) is 11.6 Å². The lowest BCUT2D eigenvalue weighted by Crippen LogP contribution is -1.75. The minimum atomic E-state index is 0.541. The number of benzene rings is 1. The topological polar surface area (TPSA) is 23.8 Å². The van der Waals surface area contributed by atoms with Gasteiger partial charge in [-0.15, -0.1) is 0 Å². The molecule has 0 atom stereocenters. The first kappa shape index (κ1) is 6.43. The molecule has 0 aliphatic carbocycles. The first-order valence-corrected chi connectivity index (χ1v) is 3.05. The lowest BCUT2D eigenvalue weighted by molar-refractivity contribution is 1.38. The van der Waals surface area contributed by atoms with Gasteiger partial charge in [0.15, 0.2) is 0 Å². The van der Waals surface area contributed by atoms with Gasteiger partial charge < -0.3 is 5.73 Å². The molecule has 0 spiro atoms. The zero-order chi connectivity index (χ0) is 6.85. The van der Waals surface area contributed by atoms with Gasteiger partial charge in [-0.3, -0.25) is 0 Å². The van der Waals surface area contributed by atoms with Crippen LogP contribution < -0.4 is 5.73 Å². The number of hydrogen-bond acceptors (Lipinski definition) is 0. The van der Waals surface area contributed by atoms with E-state index in [1.54, 1.807) is 18.2 Å². The van der Waals surface area contributed by atoms with E-state index >= 15 is 0 Å². The summed E-state index contributed by atoms with van der Waals surface area (Å²) >= 11 is 5.63. The zero-order valence-corrected chi connectivity index (χ0v) is 5.87. The van der Waals surface area contributed by atoms with E-state index in [0.717, 1.165) is 5.56 Å². The van der Waals surface area contributed by atoms with Crippen LogP contribution in [0.25, 0.3) is 0 Å². The van der Waals surface area contributed by atoms with Crippen LogP contribution in [-0.4, -0.2) is 0 Å². The van der Waals surface area contributed by atoms with Gasteiger partial charge in [0.25, 0.3) is 0 Å². The summed E-state index contributed by atoms with van der Waals surface area (Å²) in [6.07, 6.45) is 0. The molecule has 1 aromatic rings. The Balaban J connectivity index is 3.17. The molecule has 0 aromatic heterocycles. The summed E-state index contributed by atoms with van der Waals surface area (Å²) in [6.45, 7) is 1.87. The van der Waals surface area contributed by atoms with E-state index in [2.05, 4.69) is 0 Å². The summed E-state index contributed by atoms with van der Waals surface area (Å²) in [6, 6.07) is 5.19. The average Bonchev–Trinajstić information content (AvgIpc) is 1.80. The Morgan fingerprint density at radius 1 is 1.44 bits per heavy atom. The fourth-order valence-corrected chi connectivity index (χ4v) is 0.854. The molecular formula is C7H7ClN. The lowest BCUT2D eigenvalue weighted by Gasteiger charge is -1.95. The van der Waals surface area contributed by atoms with Gasteiger partial charge in [0, 0.05) is 5.02 Å². The molecule has 9 heavy (non-hydrogen) atoms. The van der Waals surface area contributed by atoms with Gasteiger partial charge in [-0.2, -0.15) is 0 Å². The maximum Gasteiger partial charge on any atom is 0.0570 e. The van der Waals surface area contributed by atoms with Crippen molar-refractivity contribution in [3.8, 4) is 0 Å². The monoisotopic (exact) mass is 140 g/mol. The molecule has 1 radical (unpaired) electrons. The third kappa shape index (κ3) is 1.36. The Morgan fingerprint density at radius 2 is 2.11 bits per heavy atom. The van der Waals surface area contributed by atoms with Crippen LogP contribution in [0.4, 0.5) is 5.69 Å². The van der Waals surface area contributed by atoms with E-state index in [1.807, 2.05) is 6.92 Å². The van der Waals surface area contributed by atoms with Crippen LogP contribution in [0.1, 0.15) is 5.56 Å². The molecule has 0 heterocycles. The van der Waals surface area contributed by atoms with Crippen molar-refractivity contribution in [2.45, 2.75) is 6.92 Å². The number of aryl methyl sites for hydroxylation is 1. The third-order valence-electron chi connectivity index (χ3n) is 1.19. The van der Waals surface area contributed by atoms with E-state index in [-0.39, 0.29) is 0 Å². The fourth-order valence-electron chi connectivity index (χ4n) is 0.627. The first-order chi connectivity index (χ1) is 4.20. The largest absolute Gasteiger partial charge is 0.301 e. The average molecular weight is 141 g/mol. The molecule has 0 fully saturated rings. The minimum Gasteiger partial charge on any atom is -0.301 e. The van der Waals surface area contributed by atoms with Crippen molar-refractivity contribution in [3.05, 3.63) is 28.8 Å². The van der Waals surface area contributed by atoms with Crippen molar-refractivity contribution in [3.63, 3.8) is 0 Å². The van der Waals surface area contributed by atoms with Gasteiger partial charge in [-0.05, 0) is 30.7 Å². The summed E-state index contributed by atoms with van der Waals surface area (Å²) in [4.78, 5) is 0. The lowest BCUT2D eigenvalue weighted by atomic mass is 10.2. The number of nitrogens with one attached hydrogen (secondary N) is 1. The molecule has 1 nitrogen and oxygen atoms in total. The van der Waals surface area contributed by atoms with Gasteiger partial charge in [0.05, 0.1) is 5.69 Å². The van der Waals surface area contributed by atoms with Gasteiger partial charge in [0.2, 0.25) is 0 Å². The highest BCUT2D eigenvalue weighted by atomic mass is 35.5. The van der Waals surface area contributed by atoms with Crippen molar-refractivity contribution in [2.24, 2.45) is 0 Å². The van der Waals surface area contributed by atoms with E-state index in [1.165, 1.54) is 0 Å². The van der Waals surface area contributed by atoms with Crippen LogP contribution in [0.5, 0.6) is 0 Å².